The Morgan fingerprint density at radius 3 is 2.42 bits per heavy atom. The number of halogens is 1. The summed E-state index contributed by atoms with van der Waals surface area (Å²) in [7, 11) is 0. The standard InChI is InChI=1S/C12H17N3O3.ClH/c13-8-11(16)15-9-12(17)14-6-7-18-10-4-2-1-3-5-10;/h1-5H,6-9,13H2,(H,14,17)(H,15,16);1H. The van der Waals surface area contributed by atoms with Gasteiger partial charge in [0.1, 0.15) is 12.4 Å². The lowest BCUT2D eigenvalue weighted by atomic mass is 10.3. The van der Waals surface area contributed by atoms with Crippen molar-refractivity contribution in [3.63, 3.8) is 0 Å². The highest BCUT2D eigenvalue weighted by Gasteiger charge is 2.02. The van der Waals surface area contributed by atoms with Crippen LogP contribution in [0.3, 0.4) is 0 Å². The van der Waals surface area contributed by atoms with Gasteiger partial charge in [-0.2, -0.15) is 0 Å². The normalized spacial score (nSPS) is 9.11. The molecule has 0 bridgehead atoms. The van der Waals surface area contributed by atoms with E-state index in [0.29, 0.717) is 13.2 Å². The first kappa shape index (κ1) is 17.2. The topological polar surface area (TPSA) is 93.5 Å². The number of ether oxygens (including phenoxy) is 1. The molecule has 0 aliphatic rings. The van der Waals surface area contributed by atoms with E-state index in [4.69, 9.17) is 10.5 Å². The summed E-state index contributed by atoms with van der Waals surface area (Å²) in [5.41, 5.74) is 5.08. The van der Waals surface area contributed by atoms with Gasteiger partial charge in [-0.05, 0) is 12.1 Å². The first-order chi connectivity index (χ1) is 8.72. The van der Waals surface area contributed by atoms with Crippen molar-refractivity contribution in [2.75, 3.05) is 26.2 Å². The maximum atomic E-state index is 11.3. The summed E-state index contributed by atoms with van der Waals surface area (Å²) in [6, 6.07) is 9.31. The Kier molecular flexibility index (Phi) is 9.20. The third-order valence-corrected chi connectivity index (χ3v) is 2.07. The molecule has 19 heavy (non-hydrogen) atoms. The lowest BCUT2D eigenvalue weighted by molar-refractivity contribution is -0.125. The lowest BCUT2D eigenvalue weighted by Gasteiger charge is -2.08. The van der Waals surface area contributed by atoms with Crippen LogP contribution in [0.5, 0.6) is 5.75 Å². The van der Waals surface area contributed by atoms with E-state index in [0.717, 1.165) is 5.75 Å². The van der Waals surface area contributed by atoms with Crippen molar-refractivity contribution in [3.05, 3.63) is 30.3 Å². The highest BCUT2D eigenvalue weighted by molar-refractivity contribution is 5.85. The molecule has 0 spiro atoms. The van der Waals surface area contributed by atoms with Crippen LogP contribution in [-0.2, 0) is 9.59 Å². The van der Waals surface area contributed by atoms with Crippen LogP contribution in [0.2, 0.25) is 0 Å². The molecule has 0 fully saturated rings. The molecule has 1 rings (SSSR count). The van der Waals surface area contributed by atoms with Gasteiger partial charge in [0.25, 0.3) is 0 Å². The number of benzene rings is 1. The zero-order valence-corrected chi connectivity index (χ0v) is 11.2. The number of carbonyl (C=O) groups is 2. The predicted octanol–water partition coefficient (Wildman–Crippen LogP) is -0.322. The van der Waals surface area contributed by atoms with Crippen LogP contribution in [-0.4, -0.2) is 38.1 Å². The zero-order valence-electron chi connectivity index (χ0n) is 10.4. The van der Waals surface area contributed by atoms with Crippen LogP contribution in [0.4, 0.5) is 0 Å². The fraction of sp³-hybridized carbons (Fsp3) is 0.333. The molecule has 1 aromatic carbocycles. The maximum Gasteiger partial charge on any atom is 0.239 e. The molecule has 0 aliphatic heterocycles. The fourth-order valence-electron chi connectivity index (χ4n) is 1.19. The van der Waals surface area contributed by atoms with Crippen molar-refractivity contribution in [2.45, 2.75) is 0 Å². The summed E-state index contributed by atoms with van der Waals surface area (Å²) < 4.78 is 5.38. The van der Waals surface area contributed by atoms with Crippen LogP contribution >= 0.6 is 12.4 Å². The Morgan fingerprint density at radius 1 is 1.11 bits per heavy atom. The molecule has 0 saturated heterocycles. The highest BCUT2D eigenvalue weighted by Crippen LogP contribution is 2.07. The second kappa shape index (κ2) is 10.2. The molecule has 0 heterocycles. The second-order valence-electron chi connectivity index (χ2n) is 3.49. The summed E-state index contributed by atoms with van der Waals surface area (Å²) in [6.45, 7) is 0.568. The molecular weight excluding hydrogens is 270 g/mol. The highest BCUT2D eigenvalue weighted by atomic mass is 35.5. The minimum Gasteiger partial charge on any atom is -0.492 e. The molecule has 2 amide bonds. The van der Waals surface area contributed by atoms with Gasteiger partial charge in [-0.25, -0.2) is 0 Å². The minimum absolute atomic E-state index is 0. The Hall–Kier alpha value is -1.79. The van der Waals surface area contributed by atoms with E-state index >= 15 is 0 Å². The van der Waals surface area contributed by atoms with Crippen LogP contribution < -0.4 is 21.1 Å². The summed E-state index contributed by atoms with van der Waals surface area (Å²) >= 11 is 0. The third kappa shape index (κ3) is 8.01. The molecule has 0 saturated carbocycles. The van der Waals surface area contributed by atoms with Crippen molar-refractivity contribution >= 4 is 24.2 Å². The summed E-state index contributed by atoms with van der Waals surface area (Å²) in [6.07, 6.45) is 0. The van der Waals surface area contributed by atoms with Crippen LogP contribution in [0.1, 0.15) is 0 Å². The Morgan fingerprint density at radius 2 is 1.79 bits per heavy atom. The largest absolute Gasteiger partial charge is 0.492 e. The number of para-hydroxylation sites is 1. The average molecular weight is 288 g/mol. The molecule has 6 nitrogen and oxygen atoms in total. The summed E-state index contributed by atoms with van der Waals surface area (Å²) in [5, 5.41) is 4.99. The van der Waals surface area contributed by atoms with Crippen LogP contribution in [0.25, 0.3) is 0 Å². The smallest absolute Gasteiger partial charge is 0.239 e. The molecule has 0 radical (unpaired) electrons. The van der Waals surface area contributed by atoms with Gasteiger partial charge in [0.2, 0.25) is 11.8 Å². The van der Waals surface area contributed by atoms with Gasteiger partial charge in [0, 0.05) is 0 Å². The quantitative estimate of drug-likeness (QED) is 0.599. The van der Waals surface area contributed by atoms with Gasteiger partial charge >= 0.3 is 0 Å². The van der Waals surface area contributed by atoms with E-state index in [9.17, 15) is 9.59 Å². The zero-order chi connectivity index (χ0) is 13.2. The molecule has 0 unspecified atom stereocenters. The first-order valence-electron chi connectivity index (χ1n) is 5.63. The monoisotopic (exact) mass is 287 g/mol. The Balaban J connectivity index is 0.00000324. The number of nitrogens with one attached hydrogen (secondary N) is 2. The number of hydrogen-bond donors (Lipinski definition) is 3. The maximum absolute atomic E-state index is 11.3. The Labute approximate surface area is 118 Å². The number of amides is 2. The van der Waals surface area contributed by atoms with Crippen LogP contribution in [0, 0.1) is 0 Å². The Bertz CT molecular complexity index is 387. The molecular formula is C12H18ClN3O3. The summed E-state index contributed by atoms with van der Waals surface area (Å²) in [5.74, 6) is 0.127. The molecule has 0 aromatic heterocycles. The number of nitrogens with two attached hydrogens (primary N) is 1. The molecule has 4 N–H and O–H groups in total. The van der Waals surface area contributed by atoms with E-state index < -0.39 is 0 Å². The van der Waals surface area contributed by atoms with Crippen molar-refractivity contribution in [3.8, 4) is 5.75 Å². The molecule has 0 atom stereocenters. The number of hydrogen-bond acceptors (Lipinski definition) is 4. The summed E-state index contributed by atoms with van der Waals surface area (Å²) in [4.78, 5) is 22.0. The van der Waals surface area contributed by atoms with Gasteiger partial charge in [0.15, 0.2) is 0 Å². The van der Waals surface area contributed by atoms with Gasteiger partial charge in [-0.1, -0.05) is 18.2 Å². The van der Waals surface area contributed by atoms with E-state index in [1.807, 2.05) is 30.3 Å². The van der Waals surface area contributed by atoms with Crippen molar-refractivity contribution in [1.29, 1.82) is 0 Å². The predicted molar refractivity (Wildman–Crippen MR) is 74.3 cm³/mol. The van der Waals surface area contributed by atoms with E-state index in [-0.39, 0.29) is 37.3 Å². The van der Waals surface area contributed by atoms with Gasteiger partial charge in [0.05, 0.1) is 19.6 Å². The van der Waals surface area contributed by atoms with E-state index in [2.05, 4.69) is 10.6 Å². The fourth-order valence-corrected chi connectivity index (χ4v) is 1.19. The van der Waals surface area contributed by atoms with E-state index in [1.54, 1.807) is 0 Å². The first-order valence-corrected chi connectivity index (χ1v) is 5.63. The average Bonchev–Trinajstić information content (AvgIpc) is 2.42. The van der Waals surface area contributed by atoms with Gasteiger partial charge < -0.3 is 21.1 Å². The number of carbonyl (C=O) groups excluding carboxylic acids is 2. The van der Waals surface area contributed by atoms with Gasteiger partial charge in [-0.3, -0.25) is 9.59 Å². The van der Waals surface area contributed by atoms with Crippen molar-refractivity contribution in [2.24, 2.45) is 5.73 Å². The third-order valence-electron chi connectivity index (χ3n) is 2.07. The number of rotatable bonds is 7. The minimum atomic E-state index is -0.356. The van der Waals surface area contributed by atoms with Crippen molar-refractivity contribution in [1.82, 2.24) is 10.6 Å². The molecule has 1 aromatic rings. The molecule has 0 aliphatic carbocycles. The molecule has 106 valence electrons. The van der Waals surface area contributed by atoms with E-state index in [1.165, 1.54) is 0 Å². The van der Waals surface area contributed by atoms with Gasteiger partial charge in [-0.15, -0.1) is 12.4 Å². The molecule has 7 heteroatoms. The van der Waals surface area contributed by atoms with Crippen LogP contribution in [0.15, 0.2) is 30.3 Å². The van der Waals surface area contributed by atoms with Crippen molar-refractivity contribution < 1.29 is 14.3 Å². The second-order valence-corrected chi connectivity index (χ2v) is 3.49. The lowest BCUT2D eigenvalue weighted by Crippen LogP contribution is -2.40. The SMILES string of the molecule is Cl.NCC(=O)NCC(=O)NCCOc1ccccc1.